The largest absolute Gasteiger partial charge is 0.486 e. The highest BCUT2D eigenvalue weighted by Crippen LogP contribution is 2.35. The van der Waals surface area contributed by atoms with Crippen LogP contribution in [0.5, 0.6) is 11.5 Å². The first-order valence-electron chi connectivity index (χ1n) is 6.55. The third kappa shape index (κ3) is 2.06. The number of nitrogen functional groups attached to an aromatic ring is 1. The van der Waals surface area contributed by atoms with Crippen molar-refractivity contribution in [2.24, 2.45) is 0 Å². The van der Waals surface area contributed by atoms with Crippen LogP contribution in [0.25, 0.3) is 22.4 Å². The third-order valence-corrected chi connectivity index (χ3v) is 3.71. The van der Waals surface area contributed by atoms with Crippen LogP contribution in [-0.4, -0.2) is 23.2 Å². The standard InChI is InChI=1S/C15H12ClN3O2/c16-10-5-8(17)1-2-9(10)15-18-11-6-13-14(7-12(11)19-15)21-4-3-20-13/h1-2,5-7H,3-4,17H2,(H,18,19). The van der Waals surface area contributed by atoms with Crippen molar-refractivity contribution in [3.8, 4) is 22.9 Å². The van der Waals surface area contributed by atoms with Crippen molar-refractivity contribution < 1.29 is 9.47 Å². The maximum Gasteiger partial charge on any atom is 0.163 e. The van der Waals surface area contributed by atoms with Crippen molar-refractivity contribution in [2.45, 2.75) is 0 Å². The van der Waals surface area contributed by atoms with Gasteiger partial charge in [0.25, 0.3) is 0 Å². The number of imidazole rings is 1. The number of hydrogen-bond acceptors (Lipinski definition) is 4. The van der Waals surface area contributed by atoms with E-state index in [2.05, 4.69) is 9.97 Å². The van der Waals surface area contributed by atoms with Gasteiger partial charge in [0.15, 0.2) is 11.5 Å². The van der Waals surface area contributed by atoms with Gasteiger partial charge in [0.2, 0.25) is 0 Å². The number of nitrogens with one attached hydrogen (secondary N) is 1. The average Bonchev–Trinajstić information content (AvgIpc) is 2.87. The monoisotopic (exact) mass is 301 g/mol. The predicted octanol–water partition coefficient (Wildman–Crippen LogP) is 3.24. The first kappa shape index (κ1) is 12.3. The number of aromatic amines is 1. The van der Waals surface area contributed by atoms with E-state index >= 15 is 0 Å². The van der Waals surface area contributed by atoms with Gasteiger partial charge in [0.1, 0.15) is 19.0 Å². The second-order valence-corrected chi connectivity index (χ2v) is 5.24. The molecule has 0 aliphatic carbocycles. The maximum atomic E-state index is 6.23. The molecule has 1 aliphatic rings. The predicted molar refractivity (Wildman–Crippen MR) is 81.9 cm³/mol. The van der Waals surface area contributed by atoms with Crippen molar-refractivity contribution in [3.05, 3.63) is 35.4 Å². The molecule has 3 aromatic rings. The molecule has 1 aliphatic heterocycles. The van der Waals surface area contributed by atoms with E-state index in [1.165, 1.54) is 0 Å². The third-order valence-electron chi connectivity index (χ3n) is 3.39. The molecule has 0 saturated heterocycles. The van der Waals surface area contributed by atoms with E-state index in [4.69, 9.17) is 26.8 Å². The maximum absolute atomic E-state index is 6.23. The Kier molecular flexibility index (Phi) is 2.68. The van der Waals surface area contributed by atoms with Gasteiger partial charge in [-0.15, -0.1) is 0 Å². The Morgan fingerprint density at radius 3 is 2.62 bits per heavy atom. The lowest BCUT2D eigenvalue weighted by molar-refractivity contribution is 0.172. The molecular formula is C15H12ClN3O2. The summed E-state index contributed by atoms with van der Waals surface area (Å²) in [6, 6.07) is 9.12. The summed E-state index contributed by atoms with van der Waals surface area (Å²) in [6.07, 6.45) is 0. The fraction of sp³-hybridized carbons (Fsp3) is 0.133. The number of aromatic nitrogens is 2. The van der Waals surface area contributed by atoms with Crippen LogP contribution < -0.4 is 15.2 Å². The summed E-state index contributed by atoms with van der Waals surface area (Å²) in [5.74, 6) is 2.14. The number of benzene rings is 2. The molecule has 4 rings (SSSR count). The number of fused-ring (bicyclic) bond motifs is 2. The Bertz CT molecular complexity index is 801. The minimum atomic E-state index is 0.555. The van der Waals surface area contributed by atoms with Gasteiger partial charge in [-0.25, -0.2) is 4.98 Å². The highest BCUT2D eigenvalue weighted by Gasteiger charge is 2.16. The van der Waals surface area contributed by atoms with Crippen LogP contribution in [0.2, 0.25) is 5.02 Å². The van der Waals surface area contributed by atoms with Crippen molar-refractivity contribution in [1.29, 1.82) is 0 Å². The summed E-state index contributed by atoms with van der Waals surface area (Å²) >= 11 is 6.23. The summed E-state index contributed by atoms with van der Waals surface area (Å²) in [4.78, 5) is 7.82. The molecule has 5 nitrogen and oxygen atoms in total. The van der Waals surface area contributed by atoms with E-state index in [0.717, 1.165) is 28.1 Å². The molecule has 21 heavy (non-hydrogen) atoms. The van der Waals surface area contributed by atoms with Crippen molar-refractivity contribution in [2.75, 3.05) is 18.9 Å². The molecule has 106 valence electrons. The molecule has 0 atom stereocenters. The number of hydrogen-bond donors (Lipinski definition) is 2. The van der Waals surface area contributed by atoms with Gasteiger partial charge in [-0.2, -0.15) is 0 Å². The summed E-state index contributed by atoms with van der Waals surface area (Å²) in [6.45, 7) is 1.11. The fourth-order valence-corrected chi connectivity index (χ4v) is 2.68. The van der Waals surface area contributed by atoms with E-state index in [-0.39, 0.29) is 0 Å². The molecule has 2 heterocycles. The van der Waals surface area contributed by atoms with E-state index in [9.17, 15) is 0 Å². The van der Waals surface area contributed by atoms with Crippen LogP contribution >= 0.6 is 11.6 Å². The molecule has 0 spiro atoms. The van der Waals surface area contributed by atoms with Crippen LogP contribution in [-0.2, 0) is 0 Å². The number of halogens is 1. The van der Waals surface area contributed by atoms with Gasteiger partial charge < -0.3 is 20.2 Å². The van der Waals surface area contributed by atoms with E-state index < -0.39 is 0 Å². The molecule has 6 heteroatoms. The van der Waals surface area contributed by atoms with Crippen LogP contribution in [0.1, 0.15) is 0 Å². The second kappa shape index (κ2) is 4.56. The Morgan fingerprint density at radius 1 is 1.10 bits per heavy atom. The summed E-state index contributed by atoms with van der Waals surface area (Å²) in [5, 5.41) is 0.561. The van der Waals surface area contributed by atoms with Crippen LogP contribution in [0.15, 0.2) is 30.3 Å². The zero-order valence-corrected chi connectivity index (χ0v) is 11.8. The number of rotatable bonds is 1. The molecular weight excluding hydrogens is 290 g/mol. The fourth-order valence-electron chi connectivity index (χ4n) is 2.40. The Labute approximate surface area is 125 Å². The number of nitrogens with two attached hydrogens (primary N) is 1. The van der Waals surface area contributed by atoms with Gasteiger partial charge in [0, 0.05) is 23.4 Å². The minimum absolute atomic E-state index is 0.555. The molecule has 0 fully saturated rings. The molecule has 0 radical (unpaired) electrons. The zero-order chi connectivity index (χ0) is 14.4. The Balaban J connectivity index is 1.86. The highest BCUT2D eigenvalue weighted by atomic mass is 35.5. The molecule has 2 aromatic carbocycles. The van der Waals surface area contributed by atoms with Gasteiger partial charge in [-0.1, -0.05) is 11.6 Å². The number of anilines is 1. The summed E-state index contributed by atoms with van der Waals surface area (Å²) in [7, 11) is 0. The molecule has 0 saturated carbocycles. The smallest absolute Gasteiger partial charge is 0.163 e. The number of H-pyrrole nitrogens is 1. The molecule has 3 N–H and O–H groups in total. The Morgan fingerprint density at radius 2 is 1.86 bits per heavy atom. The minimum Gasteiger partial charge on any atom is -0.486 e. The average molecular weight is 302 g/mol. The lowest BCUT2D eigenvalue weighted by Gasteiger charge is -2.17. The summed E-state index contributed by atoms with van der Waals surface area (Å²) < 4.78 is 11.1. The van der Waals surface area contributed by atoms with Crippen LogP contribution in [0, 0.1) is 0 Å². The van der Waals surface area contributed by atoms with E-state index in [1.807, 2.05) is 18.2 Å². The van der Waals surface area contributed by atoms with Gasteiger partial charge in [-0.3, -0.25) is 0 Å². The van der Waals surface area contributed by atoms with Gasteiger partial charge >= 0.3 is 0 Å². The lowest BCUT2D eigenvalue weighted by Crippen LogP contribution is -2.15. The Hall–Kier alpha value is -2.40. The van der Waals surface area contributed by atoms with Crippen molar-refractivity contribution in [3.63, 3.8) is 0 Å². The van der Waals surface area contributed by atoms with Gasteiger partial charge in [-0.05, 0) is 18.2 Å². The lowest BCUT2D eigenvalue weighted by atomic mass is 10.2. The molecule has 0 bridgehead atoms. The molecule has 0 unspecified atom stereocenters. The van der Waals surface area contributed by atoms with Crippen molar-refractivity contribution >= 4 is 28.3 Å². The first-order valence-corrected chi connectivity index (χ1v) is 6.93. The van der Waals surface area contributed by atoms with Crippen molar-refractivity contribution in [1.82, 2.24) is 9.97 Å². The first-order chi connectivity index (χ1) is 10.2. The van der Waals surface area contributed by atoms with E-state index in [1.54, 1.807) is 12.1 Å². The van der Waals surface area contributed by atoms with Crippen LogP contribution in [0.3, 0.4) is 0 Å². The zero-order valence-electron chi connectivity index (χ0n) is 11.0. The highest BCUT2D eigenvalue weighted by molar-refractivity contribution is 6.33. The van der Waals surface area contributed by atoms with E-state index in [0.29, 0.717) is 29.7 Å². The van der Waals surface area contributed by atoms with Gasteiger partial charge in [0.05, 0.1) is 16.1 Å². The quantitative estimate of drug-likeness (QED) is 0.677. The SMILES string of the molecule is Nc1ccc(-c2nc3cc4c(cc3[nH]2)OCCO4)c(Cl)c1. The molecule has 1 aromatic heterocycles. The number of nitrogens with zero attached hydrogens (tertiary/aromatic N) is 1. The number of ether oxygens (including phenoxy) is 2. The topological polar surface area (TPSA) is 73.2 Å². The molecule has 0 amide bonds. The second-order valence-electron chi connectivity index (χ2n) is 4.84. The summed E-state index contributed by atoms with van der Waals surface area (Å²) in [5.41, 5.74) is 8.83. The normalized spacial score (nSPS) is 13.6. The van der Waals surface area contributed by atoms with Crippen LogP contribution in [0.4, 0.5) is 5.69 Å².